The largest absolute Gasteiger partial charge is 0.419 e. The number of hydrogen-bond acceptors (Lipinski definition) is 6. The fourth-order valence-electron chi connectivity index (χ4n) is 6.79. The summed E-state index contributed by atoms with van der Waals surface area (Å²) in [6, 6.07) is 6.38. The first-order valence-corrected chi connectivity index (χ1v) is 16.5. The van der Waals surface area contributed by atoms with E-state index in [0.717, 1.165) is 56.3 Å². The molecule has 3 aliphatic heterocycles. The van der Waals surface area contributed by atoms with Gasteiger partial charge in [0.05, 0.1) is 30.7 Å². The summed E-state index contributed by atoms with van der Waals surface area (Å²) in [5, 5.41) is 6.25. The predicted molar refractivity (Wildman–Crippen MR) is 174 cm³/mol. The molecule has 1 aromatic carbocycles. The summed E-state index contributed by atoms with van der Waals surface area (Å²) in [7, 11) is 2.22. The van der Waals surface area contributed by atoms with Crippen LogP contribution >= 0.6 is 0 Å². The zero-order chi connectivity index (χ0) is 32.2. The molecule has 1 aliphatic carbocycles. The number of nitrogens with one attached hydrogen (secondary N) is 2. The third-order valence-electron chi connectivity index (χ3n) is 9.75. The molecule has 2 N–H and O–H groups in total. The minimum absolute atomic E-state index is 0.0231. The number of halogens is 3. The number of likely N-dealkylation sites (N-methyl/N-ethyl adjacent to an activating group) is 1. The quantitative estimate of drug-likeness (QED) is 0.133. The van der Waals surface area contributed by atoms with Gasteiger partial charge in [0.2, 0.25) is 5.91 Å². The van der Waals surface area contributed by atoms with E-state index in [4.69, 9.17) is 4.74 Å². The topological polar surface area (TPSA) is 72.4 Å². The minimum Gasteiger partial charge on any atom is -0.385 e. The number of amides is 1. The van der Waals surface area contributed by atoms with Crippen LogP contribution in [-0.4, -0.2) is 92.3 Å². The van der Waals surface area contributed by atoms with Crippen molar-refractivity contribution >= 4 is 23.1 Å². The molecule has 2 atom stereocenters. The molecule has 45 heavy (non-hydrogen) atoms. The van der Waals surface area contributed by atoms with Gasteiger partial charge in [-0.25, -0.2) is 4.99 Å². The lowest BCUT2D eigenvalue weighted by molar-refractivity contribution is -0.131. The Bertz CT molecular complexity index is 1310. The number of hydrogen-bond donors (Lipinski definition) is 2. The van der Waals surface area contributed by atoms with Crippen molar-refractivity contribution in [1.29, 1.82) is 0 Å². The Balaban J connectivity index is 1.24. The maximum absolute atomic E-state index is 14.3. The lowest BCUT2D eigenvalue weighted by Gasteiger charge is -2.41. The number of nitrogens with zero attached hydrogens (tertiary/aromatic N) is 4. The molecular formula is C34H49F3N6O2. The standard InChI is InChI=1S/C34H49F3N6O2/c1-5-7-9-31(38-14-8-15-43-28-19-26(32(43)44)21-45-22-28)29(34(35,36)37)20-39-24(3)40-30-11-10-27(18-25(30)6-2)42-17-16-41(4)33(23-42)12-13-33/h9-11,18,20,26,28,38H,5-8,12-17,19,21-23H2,1-4H3,(H,39,40)/b29-20+,31-9-. The summed E-state index contributed by atoms with van der Waals surface area (Å²) in [6.07, 6.45) is 3.76. The number of unbranched alkanes of at least 4 members (excludes halogenated alkanes) is 1. The number of benzene rings is 1. The van der Waals surface area contributed by atoms with Crippen LogP contribution in [0.5, 0.6) is 0 Å². The number of likely N-dealkylation sites (tertiary alicyclic amines) is 1. The molecule has 2 bridgehead atoms. The Morgan fingerprint density at radius 3 is 2.69 bits per heavy atom. The van der Waals surface area contributed by atoms with Gasteiger partial charge in [0.1, 0.15) is 5.84 Å². The second kappa shape index (κ2) is 14.2. The number of ether oxygens (including phenoxy) is 1. The average Bonchev–Trinajstić information content (AvgIpc) is 3.76. The Morgan fingerprint density at radius 1 is 1.20 bits per heavy atom. The summed E-state index contributed by atoms with van der Waals surface area (Å²) >= 11 is 0. The van der Waals surface area contributed by atoms with Crippen molar-refractivity contribution in [2.45, 2.75) is 83.5 Å². The van der Waals surface area contributed by atoms with Crippen LogP contribution in [0, 0.1) is 5.92 Å². The first kappa shape index (κ1) is 33.3. The summed E-state index contributed by atoms with van der Waals surface area (Å²) < 4.78 is 48.5. The van der Waals surface area contributed by atoms with Crippen molar-refractivity contribution in [3.8, 4) is 0 Å². The molecule has 11 heteroatoms. The monoisotopic (exact) mass is 630 g/mol. The van der Waals surface area contributed by atoms with Gasteiger partial charge < -0.3 is 25.2 Å². The van der Waals surface area contributed by atoms with Crippen molar-refractivity contribution in [3.05, 3.63) is 47.3 Å². The molecule has 8 nitrogen and oxygen atoms in total. The van der Waals surface area contributed by atoms with Crippen molar-refractivity contribution in [2.75, 3.05) is 63.2 Å². The molecule has 0 radical (unpaired) electrons. The number of carbonyl (C=O) groups excluding carboxylic acids is 1. The van der Waals surface area contributed by atoms with Gasteiger partial charge in [-0.3, -0.25) is 9.69 Å². The zero-order valence-corrected chi connectivity index (χ0v) is 27.2. The van der Waals surface area contributed by atoms with Crippen LogP contribution in [0.3, 0.4) is 0 Å². The first-order valence-electron chi connectivity index (χ1n) is 16.5. The van der Waals surface area contributed by atoms with Crippen LogP contribution in [-0.2, 0) is 16.0 Å². The van der Waals surface area contributed by atoms with Gasteiger partial charge in [-0.1, -0.05) is 26.3 Å². The van der Waals surface area contributed by atoms with E-state index in [2.05, 4.69) is 51.5 Å². The van der Waals surface area contributed by atoms with Gasteiger partial charge in [-0.05, 0) is 76.3 Å². The van der Waals surface area contributed by atoms with Crippen LogP contribution in [0.1, 0.15) is 64.9 Å². The molecule has 248 valence electrons. The van der Waals surface area contributed by atoms with Crippen LogP contribution in [0.2, 0.25) is 0 Å². The van der Waals surface area contributed by atoms with E-state index in [9.17, 15) is 18.0 Å². The van der Waals surface area contributed by atoms with Gasteiger partial charge in [-0.2, -0.15) is 13.2 Å². The van der Waals surface area contributed by atoms with Crippen molar-refractivity contribution < 1.29 is 22.7 Å². The van der Waals surface area contributed by atoms with Crippen LogP contribution in [0.15, 0.2) is 46.7 Å². The van der Waals surface area contributed by atoms with E-state index < -0.39 is 11.7 Å². The van der Waals surface area contributed by atoms with E-state index in [1.807, 2.05) is 17.9 Å². The molecule has 3 heterocycles. The maximum Gasteiger partial charge on any atom is 0.419 e. The number of amidine groups is 1. The second-order valence-electron chi connectivity index (χ2n) is 13.0. The van der Waals surface area contributed by atoms with E-state index in [1.165, 1.54) is 18.5 Å². The lowest BCUT2D eigenvalue weighted by atomic mass is 10.0. The highest BCUT2D eigenvalue weighted by Gasteiger charge is 2.49. The van der Waals surface area contributed by atoms with E-state index in [0.29, 0.717) is 50.5 Å². The molecule has 1 saturated carbocycles. The molecule has 5 rings (SSSR count). The Morgan fingerprint density at radius 2 is 2.00 bits per heavy atom. The molecule has 1 spiro atoms. The number of aliphatic imine (C=N–C) groups is 1. The van der Waals surface area contributed by atoms with Crippen molar-refractivity contribution in [2.24, 2.45) is 10.9 Å². The number of aryl methyl sites for hydroxylation is 1. The highest BCUT2D eigenvalue weighted by molar-refractivity contribution is 5.95. The third kappa shape index (κ3) is 7.85. The fourth-order valence-corrected chi connectivity index (χ4v) is 6.79. The zero-order valence-electron chi connectivity index (χ0n) is 27.2. The Kier molecular flexibility index (Phi) is 10.5. The summed E-state index contributed by atoms with van der Waals surface area (Å²) in [5.41, 5.74) is 2.67. The molecule has 4 aliphatic rings. The van der Waals surface area contributed by atoms with E-state index >= 15 is 0 Å². The van der Waals surface area contributed by atoms with Gasteiger partial charge in [0, 0.05) is 61.5 Å². The Labute approximate surface area is 265 Å². The van der Waals surface area contributed by atoms with Gasteiger partial charge in [0.25, 0.3) is 0 Å². The molecular weight excluding hydrogens is 581 g/mol. The molecule has 2 unspecified atom stereocenters. The van der Waals surface area contributed by atoms with E-state index in [-0.39, 0.29) is 23.6 Å². The number of anilines is 2. The number of piperazine rings is 1. The number of fused-ring (bicyclic) bond motifs is 2. The number of alkyl halides is 3. The molecule has 1 aromatic rings. The van der Waals surface area contributed by atoms with Crippen molar-refractivity contribution in [1.82, 2.24) is 15.1 Å². The molecule has 4 fully saturated rings. The van der Waals surface area contributed by atoms with Gasteiger partial charge >= 0.3 is 6.18 Å². The van der Waals surface area contributed by atoms with Gasteiger partial charge in [-0.15, -0.1) is 0 Å². The maximum atomic E-state index is 14.3. The SMILES string of the molecule is CCC/C=C(NCCCN1C(=O)C2COCC1C2)/C(=C\N=C(C)Nc1ccc(N2CCN(C)C3(CC3)C2)cc1CC)C(F)(F)F. The molecule has 0 aromatic heterocycles. The van der Waals surface area contributed by atoms with Crippen molar-refractivity contribution in [3.63, 3.8) is 0 Å². The third-order valence-corrected chi connectivity index (χ3v) is 9.75. The number of rotatable bonds is 12. The van der Waals surface area contributed by atoms with Crippen LogP contribution in [0.25, 0.3) is 0 Å². The average molecular weight is 631 g/mol. The highest BCUT2D eigenvalue weighted by Crippen LogP contribution is 2.44. The minimum atomic E-state index is -4.59. The van der Waals surface area contributed by atoms with Crippen LogP contribution < -0.4 is 15.5 Å². The first-order chi connectivity index (χ1) is 21.5. The smallest absolute Gasteiger partial charge is 0.385 e. The summed E-state index contributed by atoms with van der Waals surface area (Å²) in [5.74, 6) is 0.398. The second-order valence-corrected chi connectivity index (χ2v) is 13.0. The fraction of sp³-hybridized carbons (Fsp3) is 0.647. The lowest BCUT2D eigenvalue weighted by Crippen LogP contribution is -2.53. The summed E-state index contributed by atoms with van der Waals surface area (Å²) in [4.78, 5) is 23.6. The van der Waals surface area contributed by atoms with Gasteiger partial charge in [0.15, 0.2) is 0 Å². The summed E-state index contributed by atoms with van der Waals surface area (Å²) in [6.45, 7) is 10.6. The molecule has 3 saturated heterocycles. The van der Waals surface area contributed by atoms with Crippen LogP contribution in [0.4, 0.5) is 24.5 Å². The van der Waals surface area contributed by atoms with E-state index in [1.54, 1.807) is 13.0 Å². The normalized spacial score (nSPS) is 24.1. The molecule has 1 amide bonds. The number of allylic oxidation sites excluding steroid dienone is 2. The predicted octanol–water partition coefficient (Wildman–Crippen LogP) is 5.72. The Hall–Kier alpha value is -3.05. The highest BCUT2D eigenvalue weighted by atomic mass is 19.4. The number of carbonyl (C=O) groups is 1.